The lowest BCUT2D eigenvalue weighted by atomic mass is 10.4. The van der Waals surface area contributed by atoms with Crippen molar-refractivity contribution in [2.75, 3.05) is 0 Å². The van der Waals surface area contributed by atoms with Crippen LogP contribution < -0.4 is 0 Å². The highest BCUT2D eigenvalue weighted by atomic mass is 16.1. The van der Waals surface area contributed by atoms with Gasteiger partial charge in [-0.2, -0.15) is 0 Å². The minimum absolute atomic E-state index is 0.320. The molecule has 0 aliphatic heterocycles. The molecule has 3 rings (SSSR count). The van der Waals surface area contributed by atoms with Crippen LogP contribution >= 0.6 is 0 Å². The highest BCUT2D eigenvalue weighted by Gasteiger charge is 2.05. The molecule has 0 fully saturated rings. The summed E-state index contributed by atoms with van der Waals surface area (Å²) in [4.78, 5) is 28.9. The lowest BCUT2D eigenvalue weighted by molar-refractivity contribution is 0.111. The zero-order chi connectivity index (χ0) is 13.9. The van der Waals surface area contributed by atoms with Crippen molar-refractivity contribution in [3.8, 4) is 11.6 Å². The number of rotatable bonds is 4. The van der Waals surface area contributed by atoms with Crippen molar-refractivity contribution in [2.45, 2.75) is 0 Å². The van der Waals surface area contributed by atoms with E-state index in [1.54, 1.807) is 33.7 Å². The first-order valence-corrected chi connectivity index (χ1v) is 5.63. The molecule has 0 saturated heterocycles. The van der Waals surface area contributed by atoms with E-state index in [9.17, 15) is 9.59 Å². The highest BCUT2D eigenvalue weighted by molar-refractivity contribution is 5.71. The summed E-state index contributed by atoms with van der Waals surface area (Å²) in [6, 6.07) is 3.44. The van der Waals surface area contributed by atoms with Gasteiger partial charge in [-0.05, 0) is 12.1 Å². The number of carbonyl (C=O) groups is 2. The summed E-state index contributed by atoms with van der Waals surface area (Å²) in [5.41, 5.74) is 0.641. The molecular weight excluding hydrogens is 260 g/mol. The molecule has 8 nitrogen and oxygen atoms in total. The summed E-state index contributed by atoms with van der Waals surface area (Å²) >= 11 is 0. The second-order valence-electron chi connectivity index (χ2n) is 3.90. The van der Waals surface area contributed by atoms with Gasteiger partial charge in [0.05, 0.1) is 0 Å². The van der Waals surface area contributed by atoms with Gasteiger partial charge in [-0.1, -0.05) is 0 Å². The van der Waals surface area contributed by atoms with Crippen LogP contribution in [-0.4, -0.2) is 41.9 Å². The Morgan fingerprint density at radius 2 is 1.25 bits per heavy atom. The van der Waals surface area contributed by atoms with Crippen LogP contribution in [0.5, 0.6) is 0 Å². The van der Waals surface area contributed by atoms with Crippen LogP contribution in [0.15, 0.2) is 37.2 Å². The van der Waals surface area contributed by atoms with Crippen molar-refractivity contribution >= 4 is 12.6 Å². The van der Waals surface area contributed by atoms with E-state index in [0.717, 1.165) is 0 Å². The van der Waals surface area contributed by atoms with Crippen LogP contribution in [0.4, 0.5) is 0 Å². The van der Waals surface area contributed by atoms with Gasteiger partial charge < -0.3 is 0 Å². The number of imidazole rings is 2. The van der Waals surface area contributed by atoms with Gasteiger partial charge in [0.15, 0.2) is 24.2 Å². The molecular formula is C12H8N6O2. The Bertz CT molecular complexity index is 693. The minimum Gasteiger partial charge on any atom is -0.296 e. The molecule has 0 aliphatic carbocycles. The lowest BCUT2D eigenvalue weighted by Gasteiger charge is -2.02. The quantitative estimate of drug-likeness (QED) is 0.638. The van der Waals surface area contributed by atoms with E-state index in [1.807, 2.05) is 0 Å². The second-order valence-corrected chi connectivity index (χ2v) is 3.90. The van der Waals surface area contributed by atoms with Gasteiger partial charge in [-0.15, -0.1) is 10.2 Å². The maximum absolute atomic E-state index is 10.6. The topological polar surface area (TPSA) is 95.6 Å². The van der Waals surface area contributed by atoms with E-state index in [1.165, 1.54) is 12.7 Å². The first-order chi connectivity index (χ1) is 9.80. The fourth-order valence-electron chi connectivity index (χ4n) is 1.64. The molecule has 3 aromatic heterocycles. The monoisotopic (exact) mass is 268 g/mol. The fourth-order valence-corrected chi connectivity index (χ4v) is 1.64. The summed E-state index contributed by atoms with van der Waals surface area (Å²) in [6.45, 7) is 0. The Morgan fingerprint density at radius 1 is 0.800 bits per heavy atom. The molecule has 0 spiro atoms. The summed E-state index contributed by atoms with van der Waals surface area (Å²) in [7, 11) is 0. The van der Waals surface area contributed by atoms with Crippen LogP contribution in [0.2, 0.25) is 0 Å². The predicted molar refractivity (Wildman–Crippen MR) is 67.1 cm³/mol. The second kappa shape index (κ2) is 4.84. The summed E-state index contributed by atoms with van der Waals surface area (Å²) in [5, 5.41) is 8.06. The van der Waals surface area contributed by atoms with Crippen molar-refractivity contribution in [3.63, 3.8) is 0 Å². The fraction of sp³-hybridized carbons (Fsp3) is 0. The molecule has 0 atom stereocenters. The van der Waals surface area contributed by atoms with Gasteiger partial charge in [0.2, 0.25) is 0 Å². The molecule has 0 bridgehead atoms. The number of aldehydes is 2. The van der Waals surface area contributed by atoms with Gasteiger partial charge in [-0.3, -0.25) is 18.7 Å². The summed E-state index contributed by atoms with van der Waals surface area (Å²) < 4.78 is 3.18. The van der Waals surface area contributed by atoms with E-state index in [-0.39, 0.29) is 0 Å². The van der Waals surface area contributed by atoms with Crippen LogP contribution in [-0.2, 0) is 0 Å². The van der Waals surface area contributed by atoms with E-state index in [2.05, 4.69) is 20.2 Å². The van der Waals surface area contributed by atoms with Gasteiger partial charge in [0, 0.05) is 12.4 Å². The van der Waals surface area contributed by atoms with Gasteiger partial charge in [0.1, 0.15) is 24.0 Å². The molecule has 3 aromatic rings. The Balaban J connectivity index is 1.90. The molecule has 0 aromatic carbocycles. The molecule has 98 valence electrons. The van der Waals surface area contributed by atoms with Gasteiger partial charge in [-0.25, -0.2) is 9.97 Å². The van der Waals surface area contributed by atoms with E-state index >= 15 is 0 Å². The maximum Gasteiger partial charge on any atom is 0.170 e. The standard InChI is InChI=1S/C12H8N6O2/c19-5-9-3-17(7-13-9)11-1-2-12(16-15-11)18-4-10(6-20)14-8-18/h1-8H. The average Bonchev–Trinajstić information content (AvgIpc) is 3.16. The third-order valence-corrected chi connectivity index (χ3v) is 2.61. The number of nitrogens with zero attached hydrogens (tertiary/aromatic N) is 6. The largest absolute Gasteiger partial charge is 0.296 e. The third-order valence-electron chi connectivity index (χ3n) is 2.61. The Labute approximate surface area is 112 Å². The van der Waals surface area contributed by atoms with Gasteiger partial charge in [0.25, 0.3) is 0 Å². The third kappa shape index (κ3) is 2.09. The molecule has 0 N–H and O–H groups in total. The van der Waals surface area contributed by atoms with E-state index in [0.29, 0.717) is 35.6 Å². The van der Waals surface area contributed by atoms with Crippen molar-refractivity contribution < 1.29 is 9.59 Å². The number of aromatic nitrogens is 6. The lowest BCUT2D eigenvalue weighted by Crippen LogP contribution is -2.01. The van der Waals surface area contributed by atoms with Crippen molar-refractivity contribution in [1.82, 2.24) is 29.3 Å². The van der Waals surface area contributed by atoms with Crippen LogP contribution in [0.1, 0.15) is 21.0 Å². The number of carbonyl (C=O) groups excluding carboxylic acids is 2. The smallest absolute Gasteiger partial charge is 0.170 e. The van der Waals surface area contributed by atoms with Crippen molar-refractivity contribution in [2.24, 2.45) is 0 Å². The van der Waals surface area contributed by atoms with E-state index in [4.69, 9.17) is 0 Å². The molecule has 8 heteroatoms. The molecule has 3 heterocycles. The zero-order valence-corrected chi connectivity index (χ0v) is 10.1. The van der Waals surface area contributed by atoms with Gasteiger partial charge >= 0.3 is 0 Å². The predicted octanol–water partition coefficient (Wildman–Crippen LogP) is 0.473. The molecule has 0 amide bonds. The van der Waals surface area contributed by atoms with E-state index < -0.39 is 0 Å². The van der Waals surface area contributed by atoms with Crippen LogP contribution in [0.25, 0.3) is 11.6 Å². The average molecular weight is 268 g/mol. The highest BCUT2D eigenvalue weighted by Crippen LogP contribution is 2.08. The normalized spacial score (nSPS) is 10.4. The zero-order valence-electron chi connectivity index (χ0n) is 10.1. The molecule has 0 saturated carbocycles. The van der Waals surface area contributed by atoms with Crippen molar-refractivity contribution in [3.05, 3.63) is 48.6 Å². The first-order valence-electron chi connectivity index (χ1n) is 5.63. The Kier molecular flexibility index (Phi) is 2.88. The Morgan fingerprint density at radius 3 is 1.55 bits per heavy atom. The Hall–Kier alpha value is -3.16. The molecule has 0 radical (unpaired) electrons. The summed E-state index contributed by atoms with van der Waals surface area (Å²) in [6.07, 6.45) is 7.39. The number of hydrogen-bond acceptors (Lipinski definition) is 6. The maximum atomic E-state index is 10.6. The SMILES string of the molecule is O=Cc1cn(-c2ccc(-n3cnc(C=O)c3)nn2)cn1. The van der Waals surface area contributed by atoms with Crippen LogP contribution in [0.3, 0.4) is 0 Å². The first kappa shape index (κ1) is 11.9. The van der Waals surface area contributed by atoms with Crippen molar-refractivity contribution in [1.29, 1.82) is 0 Å². The molecule has 0 aliphatic rings. The number of hydrogen-bond donors (Lipinski definition) is 0. The summed E-state index contributed by atoms with van der Waals surface area (Å²) in [5.74, 6) is 1.06. The molecule has 20 heavy (non-hydrogen) atoms. The minimum atomic E-state index is 0.320. The molecule has 0 unspecified atom stereocenters. The van der Waals surface area contributed by atoms with Crippen LogP contribution in [0, 0.1) is 0 Å².